The molecule has 1 N–H and O–H groups in total. The van der Waals surface area contributed by atoms with Crippen molar-refractivity contribution in [3.05, 3.63) is 77.9 Å². The van der Waals surface area contributed by atoms with Crippen molar-refractivity contribution in [2.24, 2.45) is 0 Å². The molecule has 0 saturated heterocycles. The predicted octanol–water partition coefficient (Wildman–Crippen LogP) is 5.33. The summed E-state index contributed by atoms with van der Waals surface area (Å²) >= 11 is 0. The SMILES string of the molecule is CCCCNC(=O)[C@@H](CC)N(Cc1cccc(C)c1)C(=O)CN(c1ccc(OCC)cc1)S(=O)(=O)c1ccc(OC)c(OC)c1. The predicted molar refractivity (Wildman–Crippen MR) is 175 cm³/mol. The maximum Gasteiger partial charge on any atom is 0.264 e. The van der Waals surface area contributed by atoms with E-state index in [0.29, 0.717) is 31.1 Å². The number of sulfonamides is 1. The number of benzene rings is 3. The van der Waals surface area contributed by atoms with Crippen LogP contribution in [0.2, 0.25) is 0 Å². The summed E-state index contributed by atoms with van der Waals surface area (Å²) in [6.07, 6.45) is 2.07. The molecule has 1 atom stereocenters. The first-order chi connectivity index (χ1) is 21.6. The van der Waals surface area contributed by atoms with E-state index >= 15 is 0 Å². The Bertz CT molecular complexity index is 1530. The van der Waals surface area contributed by atoms with Gasteiger partial charge in [-0.1, -0.05) is 50.1 Å². The van der Waals surface area contributed by atoms with E-state index in [9.17, 15) is 18.0 Å². The number of hydrogen-bond acceptors (Lipinski definition) is 7. The van der Waals surface area contributed by atoms with Gasteiger partial charge in [-0.25, -0.2) is 8.42 Å². The number of unbranched alkanes of at least 4 members (excludes halogenated alkanes) is 1. The lowest BCUT2D eigenvalue weighted by Crippen LogP contribution is -2.52. The molecule has 3 rings (SSSR count). The Labute approximate surface area is 267 Å². The minimum absolute atomic E-state index is 0.0866. The highest BCUT2D eigenvalue weighted by Gasteiger charge is 2.34. The maximum atomic E-state index is 14.3. The third-order valence-electron chi connectivity index (χ3n) is 7.31. The Morgan fingerprint density at radius 2 is 1.62 bits per heavy atom. The fourth-order valence-corrected chi connectivity index (χ4v) is 6.37. The Hall–Kier alpha value is -4.25. The number of nitrogens with one attached hydrogen (secondary N) is 1. The van der Waals surface area contributed by atoms with Crippen LogP contribution in [0.5, 0.6) is 17.2 Å². The first-order valence-electron chi connectivity index (χ1n) is 15.2. The summed E-state index contributed by atoms with van der Waals surface area (Å²) in [5, 5.41) is 2.95. The zero-order valence-electron chi connectivity index (χ0n) is 27.0. The molecule has 0 aliphatic carbocycles. The zero-order chi connectivity index (χ0) is 33.0. The van der Waals surface area contributed by atoms with E-state index < -0.39 is 28.5 Å². The highest BCUT2D eigenvalue weighted by Crippen LogP contribution is 2.33. The number of rotatable bonds is 17. The maximum absolute atomic E-state index is 14.3. The molecular formula is C34H45N3O7S. The van der Waals surface area contributed by atoms with Gasteiger partial charge in [-0.15, -0.1) is 0 Å². The van der Waals surface area contributed by atoms with Crippen molar-refractivity contribution in [2.45, 2.75) is 64.4 Å². The van der Waals surface area contributed by atoms with Crippen LogP contribution in [-0.2, 0) is 26.2 Å². The summed E-state index contributed by atoms with van der Waals surface area (Å²) in [4.78, 5) is 29.1. The molecule has 3 aromatic carbocycles. The quantitative estimate of drug-likeness (QED) is 0.199. The van der Waals surface area contributed by atoms with Gasteiger partial charge in [0.2, 0.25) is 11.8 Å². The molecular weight excluding hydrogens is 594 g/mol. The molecule has 0 aromatic heterocycles. The van der Waals surface area contributed by atoms with E-state index in [1.54, 1.807) is 24.3 Å². The Kier molecular flexibility index (Phi) is 13.1. The van der Waals surface area contributed by atoms with Crippen LogP contribution in [0.1, 0.15) is 51.2 Å². The van der Waals surface area contributed by atoms with Gasteiger partial charge in [-0.2, -0.15) is 0 Å². The molecule has 0 unspecified atom stereocenters. The van der Waals surface area contributed by atoms with E-state index in [0.717, 1.165) is 28.3 Å². The minimum Gasteiger partial charge on any atom is -0.494 e. The highest BCUT2D eigenvalue weighted by atomic mass is 32.2. The average molecular weight is 640 g/mol. The monoisotopic (exact) mass is 639 g/mol. The van der Waals surface area contributed by atoms with Gasteiger partial charge in [0.1, 0.15) is 18.3 Å². The van der Waals surface area contributed by atoms with Gasteiger partial charge < -0.3 is 24.4 Å². The molecule has 11 heteroatoms. The number of ether oxygens (including phenoxy) is 3. The van der Waals surface area contributed by atoms with Gasteiger partial charge in [0, 0.05) is 19.2 Å². The molecule has 0 radical (unpaired) electrons. The van der Waals surface area contributed by atoms with Crippen LogP contribution in [-0.4, -0.2) is 65.1 Å². The van der Waals surface area contributed by atoms with Crippen molar-refractivity contribution in [1.82, 2.24) is 10.2 Å². The van der Waals surface area contributed by atoms with Crippen LogP contribution in [0.3, 0.4) is 0 Å². The lowest BCUT2D eigenvalue weighted by Gasteiger charge is -2.33. The molecule has 0 heterocycles. The van der Waals surface area contributed by atoms with Crippen LogP contribution in [0.15, 0.2) is 71.6 Å². The third kappa shape index (κ3) is 9.13. The van der Waals surface area contributed by atoms with Gasteiger partial charge in [-0.05, 0) is 68.7 Å². The molecule has 244 valence electrons. The number of methoxy groups -OCH3 is 2. The van der Waals surface area contributed by atoms with Crippen molar-refractivity contribution in [3.8, 4) is 17.2 Å². The van der Waals surface area contributed by atoms with E-state index in [4.69, 9.17) is 14.2 Å². The molecule has 45 heavy (non-hydrogen) atoms. The van der Waals surface area contributed by atoms with Crippen LogP contribution < -0.4 is 23.8 Å². The third-order valence-corrected chi connectivity index (χ3v) is 9.08. The topological polar surface area (TPSA) is 114 Å². The first-order valence-corrected chi connectivity index (χ1v) is 16.6. The van der Waals surface area contributed by atoms with Crippen molar-refractivity contribution in [2.75, 3.05) is 38.2 Å². The molecule has 3 aromatic rings. The highest BCUT2D eigenvalue weighted by molar-refractivity contribution is 7.92. The summed E-state index contributed by atoms with van der Waals surface area (Å²) < 4.78 is 45.8. The van der Waals surface area contributed by atoms with Crippen LogP contribution in [0.25, 0.3) is 0 Å². The minimum atomic E-state index is -4.31. The second-order valence-electron chi connectivity index (χ2n) is 10.5. The molecule has 0 bridgehead atoms. The first kappa shape index (κ1) is 35.2. The summed E-state index contributed by atoms with van der Waals surface area (Å²) in [5.41, 5.74) is 2.10. The summed E-state index contributed by atoms with van der Waals surface area (Å²) in [6, 6.07) is 17.6. The summed E-state index contributed by atoms with van der Waals surface area (Å²) in [7, 11) is -1.43. The molecule has 0 aliphatic rings. The normalized spacial score (nSPS) is 11.8. The standard InChI is InChI=1S/C34H45N3O7S/c1-7-10-20-35-34(39)30(8-2)36(23-26-13-11-12-25(4)21-26)33(38)24-37(27-14-16-28(17-15-27)44-9-3)45(40,41)29-18-19-31(42-5)32(22-29)43-6/h11-19,21-22,30H,7-10,20,23-24H2,1-6H3,(H,35,39)/t30-/m1/s1. The molecule has 0 aliphatic heterocycles. The molecule has 0 fully saturated rings. The van der Waals surface area contributed by atoms with E-state index in [1.165, 1.54) is 37.3 Å². The Balaban J connectivity index is 2.09. The van der Waals surface area contributed by atoms with Crippen molar-refractivity contribution < 1.29 is 32.2 Å². The van der Waals surface area contributed by atoms with Crippen LogP contribution >= 0.6 is 0 Å². The van der Waals surface area contributed by atoms with Gasteiger partial charge in [-0.3, -0.25) is 13.9 Å². The summed E-state index contributed by atoms with van der Waals surface area (Å²) in [5.74, 6) is 0.359. The number of hydrogen-bond donors (Lipinski definition) is 1. The molecule has 0 saturated carbocycles. The van der Waals surface area contributed by atoms with Gasteiger partial charge in [0.15, 0.2) is 11.5 Å². The largest absolute Gasteiger partial charge is 0.494 e. The second-order valence-corrected chi connectivity index (χ2v) is 12.4. The zero-order valence-corrected chi connectivity index (χ0v) is 27.9. The molecule has 2 amide bonds. The van der Waals surface area contributed by atoms with Crippen LogP contribution in [0, 0.1) is 6.92 Å². The Morgan fingerprint density at radius 1 is 0.911 bits per heavy atom. The number of carbonyl (C=O) groups excluding carboxylic acids is 2. The lowest BCUT2D eigenvalue weighted by molar-refractivity contribution is -0.140. The van der Waals surface area contributed by atoms with Gasteiger partial charge >= 0.3 is 0 Å². The lowest BCUT2D eigenvalue weighted by atomic mass is 10.1. The fraction of sp³-hybridized carbons (Fsp3) is 0.412. The number of anilines is 1. The van der Waals surface area contributed by atoms with E-state index in [2.05, 4.69) is 5.32 Å². The second kappa shape index (κ2) is 16.7. The Morgan fingerprint density at radius 3 is 2.22 bits per heavy atom. The number of nitrogens with zero attached hydrogens (tertiary/aromatic N) is 2. The molecule has 10 nitrogen and oxygen atoms in total. The van der Waals surface area contributed by atoms with Crippen LogP contribution in [0.4, 0.5) is 5.69 Å². The van der Waals surface area contributed by atoms with Crippen molar-refractivity contribution in [1.29, 1.82) is 0 Å². The fourth-order valence-electron chi connectivity index (χ4n) is 4.94. The van der Waals surface area contributed by atoms with Crippen molar-refractivity contribution >= 4 is 27.5 Å². The van der Waals surface area contributed by atoms with E-state index in [1.807, 2.05) is 52.0 Å². The van der Waals surface area contributed by atoms with E-state index in [-0.39, 0.29) is 28.8 Å². The molecule has 0 spiro atoms. The van der Waals surface area contributed by atoms with Crippen molar-refractivity contribution in [3.63, 3.8) is 0 Å². The van der Waals surface area contributed by atoms with Gasteiger partial charge in [0.25, 0.3) is 10.0 Å². The average Bonchev–Trinajstić information content (AvgIpc) is 3.03. The smallest absolute Gasteiger partial charge is 0.264 e. The number of carbonyl (C=O) groups is 2. The van der Waals surface area contributed by atoms with Gasteiger partial charge in [0.05, 0.1) is 31.4 Å². The number of aryl methyl sites for hydroxylation is 1. The summed E-state index contributed by atoms with van der Waals surface area (Å²) in [6.45, 7) is 8.20. The number of amides is 2.